The van der Waals surface area contributed by atoms with E-state index in [9.17, 15) is 14.7 Å². The fourth-order valence-electron chi connectivity index (χ4n) is 4.38. The number of aliphatic hydroxyl groups excluding tert-OH is 1. The molecule has 1 aliphatic heterocycles. The lowest BCUT2D eigenvalue weighted by Gasteiger charge is -2.25. The molecule has 1 saturated heterocycles. The van der Waals surface area contributed by atoms with Gasteiger partial charge in [-0.3, -0.25) is 14.3 Å². The van der Waals surface area contributed by atoms with E-state index in [1.807, 2.05) is 4.90 Å². The Bertz CT molecular complexity index is 1020. The molecule has 7 nitrogen and oxygen atoms in total. The van der Waals surface area contributed by atoms with E-state index in [1.54, 1.807) is 18.4 Å². The van der Waals surface area contributed by atoms with E-state index < -0.39 is 23.2 Å². The lowest BCUT2D eigenvalue weighted by atomic mass is 10.0. The van der Waals surface area contributed by atoms with Crippen LogP contribution in [0.25, 0.3) is 10.9 Å². The molecule has 146 valence electrons. The summed E-state index contributed by atoms with van der Waals surface area (Å²) in [4.78, 5) is 29.1. The van der Waals surface area contributed by atoms with Crippen molar-refractivity contribution in [1.82, 2.24) is 9.55 Å². The van der Waals surface area contributed by atoms with Gasteiger partial charge in [-0.15, -0.1) is 0 Å². The molecule has 4 rings (SSSR count). The van der Waals surface area contributed by atoms with Crippen molar-refractivity contribution in [2.45, 2.75) is 45.3 Å². The molecule has 2 aliphatic rings. The minimum atomic E-state index is -0.618. The molecule has 2 fully saturated rings. The maximum absolute atomic E-state index is 15.3. The Kier molecular flexibility index (Phi) is 4.35. The summed E-state index contributed by atoms with van der Waals surface area (Å²) in [5, 5.41) is 10.3. The van der Waals surface area contributed by atoms with E-state index in [-0.39, 0.29) is 29.5 Å². The molecule has 1 aromatic heterocycles. The van der Waals surface area contributed by atoms with E-state index in [0.717, 1.165) is 19.3 Å². The number of anilines is 1. The summed E-state index contributed by atoms with van der Waals surface area (Å²) in [5.74, 6) is -0.455. The van der Waals surface area contributed by atoms with Gasteiger partial charge in [-0.25, -0.2) is 9.18 Å². The van der Waals surface area contributed by atoms with Gasteiger partial charge in [0, 0.05) is 42.7 Å². The molecular weight excluding hydrogens is 351 g/mol. The average Bonchev–Trinajstić information content (AvgIpc) is 3.35. The van der Waals surface area contributed by atoms with Gasteiger partial charge < -0.3 is 15.7 Å². The monoisotopic (exact) mass is 376 g/mol. The molecule has 4 N–H and O–H groups in total. The third-order valence-corrected chi connectivity index (χ3v) is 6.01. The van der Waals surface area contributed by atoms with Crippen LogP contribution in [0.2, 0.25) is 0 Å². The second kappa shape index (κ2) is 6.45. The number of hydrogen-bond acceptors (Lipinski definition) is 5. The van der Waals surface area contributed by atoms with Crippen LogP contribution in [0, 0.1) is 25.6 Å². The van der Waals surface area contributed by atoms with E-state index in [4.69, 9.17) is 5.73 Å². The first kappa shape index (κ1) is 18.2. The van der Waals surface area contributed by atoms with Crippen molar-refractivity contribution in [3.63, 3.8) is 0 Å². The Labute approximate surface area is 155 Å². The van der Waals surface area contributed by atoms with Crippen molar-refractivity contribution in [2.24, 2.45) is 11.7 Å². The third-order valence-electron chi connectivity index (χ3n) is 6.01. The molecule has 0 radical (unpaired) electrons. The molecule has 1 saturated carbocycles. The number of aryl methyl sites for hydroxylation is 2. The van der Waals surface area contributed by atoms with Gasteiger partial charge in [0.15, 0.2) is 5.82 Å². The van der Waals surface area contributed by atoms with Gasteiger partial charge in [-0.05, 0) is 33.1 Å². The van der Waals surface area contributed by atoms with Crippen LogP contribution in [0.3, 0.4) is 0 Å². The molecule has 1 aromatic carbocycles. The first-order valence-corrected chi connectivity index (χ1v) is 9.45. The lowest BCUT2D eigenvalue weighted by molar-refractivity contribution is 0.126. The molecule has 0 spiro atoms. The number of halogens is 1. The highest BCUT2D eigenvalue weighted by atomic mass is 19.1. The van der Waals surface area contributed by atoms with Gasteiger partial charge in [-0.2, -0.15) is 0 Å². The van der Waals surface area contributed by atoms with Crippen molar-refractivity contribution >= 4 is 16.6 Å². The number of nitrogens with zero attached hydrogens (tertiary/aromatic N) is 2. The predicted octanol–water partition coefficient (Wildman–Crippen LogP) is 0.927. The summed E-state index contributed by atoms with van der Waals surface area (Å²) in [7, 11) is 0. The molecule has 2 aromatic rings. The largest absolute Gasteiger partial charge is 0.391 e. The molecule has 27 heavy (non-hydrogen) atoms. The first-order valence-electron chi connectivity index (χ1n) is 9.45. The van der Waals surface area contributed by atoms with E-state index in [1.165, 1.54) is 0 Å². The summed E-state index contributed by atoms with van der Waals surface area (Å²) in [5.41, 5.74) is 6.40. The van der Waals surface area contributed by atoms with Crippen LogP contribution in [0.15, 0.2) is 9.59 Å². The molecule has 2 heterocycles. The van der Waals surface area contributed by atoms with Crippen LogP contribution < -0.4 is 21.9 Å². The molecule has 1 aliphatic carbocycles. The molecule has 2 atom stereocenters. The number of aliphatic hydroxyl groups is 1. The zero-order valence-electron chi connectivity index (χ0n) is 15.6. The standard InChI is InChI=1S/C19H25FN4O3/c1-9-14-16(24(12-3-4-12)19(27)22-18(14)26)10(2)17(15(9)20)23-6-5-11(8-23)13(25)7-21/h11-13,25H,3-8,21H2,1-2H3,(H,22,26,27). The summed E-state index contributed by atoms with van der Waals surface area (Å²) < 4.78 is 16.9. The Hall–Kier alpha value is -2.19. The van der Waals surface area contributed by atoms with Crippen molar-refractivity contribution in [2.75, 3.05) is 24.5 Å². The average molecular weight is 376 g/mol. The van der Waals surface area contributed by atoms with Crippen LogP contribution >= 0.6 is 0 Å². The van der Waals surface area contributed by atoms with Gasteiger partial charge in [0.25, 0.3) is 5.56 Å². The smallest absolute Gasteiger partial charge is 0.329 e. The summed E-state index contributed by atoms with van der Waals surface area (Å²) in [6, 6.07) is 0.0543. The number of nitrogens with one attached hydrogen (secondary N) is 1. The number of aromatic nitrogens is 2. The van der Waals surface area contributed by atoms with E-state index >= 15 is 4.39 Å². The molecule has 0 amide bonds. The number of rotatable bonds is 4. The first-order chi connectivity index (χ1) is 12.8. The zero-order chi connectivity index (χ0) is 19.5. The van der Waals surface area contributed by atoms with Gasteiger partial charge in [-0.1, -0.05) is 0 Å². The number of benzene rings is 1. The van der Waals surface area contributed by atoms with Crippen molar-refractivity contribution in [3.8, 4) is 0 Å². The second-order valence-corrected chi connectivity index (χ2v) is 7.79. The van der Waals surface area contributed by atoms with Gasteiger partial charge in [0.2, 0.25) is 0 Å². The van der Waals surface area contributed by atoms with Gasteiger partial charge in [0.05, 0.1) is 22.7 Å². The number of hydrogen-bond donors (Lipinski definition) is 3. The lowest BCUT2D eigenvalue weighted by Crippen LogP contribution is -2.33. The SMILES string of the molecule is Cc1c(F)c(N2CCC(C(O)CN)C2)c(C)c2c1c(=O)[nH]c(=O)n2C1CC1. The number of fused-ring (bicyclic) bond motifs is 1. The maximum atomic E-state index is 15.3. The number of nitrogens with two attached hydrogens (primary N) is 1. The van der Waals surface area contributed by atoms with Crippen LogP contribution in [-0.4, -0.2) is 40.4 Å². The maximum Gasteiger partial charge on any atom is 0.329 e. The number of H-pyrrole nitrogens is 1. The highest BCUT2D eigenvalue weighted by molar-refractivity contribution is 5.90. The zero-order valence-corrected chi connectivity index (χ0v) is 15.6. The Morgan fingerprint density at radius 3 is 2.59 bits per heavy atom. The Morgan fingerprint density at radius 1 is 1.26 bits per heavy atom. The molecular formula is C19H25FN4O3. The van der Waals surface area contributed by atoms with Crippen LogP contribution in [0.4, 0.5) is 10.1 Å². The highest BCUT2D eigenvalue weighted by Gasteiger charge is 2.34. The third kappa shape index (κ3) is 2.78. The van der Waals surface area contributed by atoms with E-state index in [0.29, 0.717) is 29.9 Å². The molecule has 2 unspecified atom stereocenters. The normalized spacial score (nSPS) is 21.2. The summed E-state index contributed by atoms with van der Waals surface area (Å²) in [6.07, 6.45) is 1.85. The van der Waals surface area contributed by atoms with Crippen LogP contribution in [0.5, 0.6) is 0 Å². The van der Waals surface area contributed by atoms with Gasteiger partial charge >= 0.3 is 5.69 Å². The molecule has 8 heteroatoms. The van der Waals surface area contributed by atoms with Crippen molar-refractivity contribution in [3.05, 3.63) is 37.8 Å². The number of aromatic amines is 1. The summed E-state index contributed by atoms with van der Waals surface area (Å²) >= 11 is 0. The van der Waals surface area contributed by atoms with Crippen molar-refractivity contribution in [1.29, 1.82) is 0 Å². The Balaban J connectivity index is 1.94. The van der Waals surface area contributed by atoms with E-state index in [2.05, 4.69) is 4.98 Å². The Morgan fingerprint density at radius 2 is 1.96 bits per heavy atom. The highest BCUT2D eigenvalue weighted by Crippen LogP contribution is 2.40. The molecule has 0 bridgehead atoms. The summed E-state index contributed by atoms with van der Waals surface area (Å²) in [6.45, 7) is 4.62. The van der Waals surface area contributed by atoms with Gasteiger partial charge in [0.1, 0.15) is 0 Å². The van der Waals surface area contributed by atoms with Crippen molar-refractivity contribution < 1.29 is 9.50 Å². The van der Waals surface area contributed by atoms with Crippen LogP contribution in [-0.2, 0) is 0 Å². The topological polar surface area (TPSA) is 104 Å². The minimum absolute atomic E-state index is 0.0189. The fraction of sp³-hybridized carbons (Fsp3) is 0.579. The van der Waals surface area contributed by atoms with Crippen LogP contribution in [0.1, 0.15) is 36.4 Å². The predicted molar refractivity (Wildman–Crippen MR) is 102 cm³/mol. The second-order valence-electron chi connectivity index (χ2n) is 7.79. The quantitative estimate of drug-likeness (QED) is 0.736. The fourth-order valence-corrected chi connectivity index (χ4v) is 4.38. The minimum Gasteiger partial charge on any atom is -0.391 e.